The van der Waals surface area contributed by atoms with Gasteiger partial charge < -0.3 is 58.8 Å². The molecule has 6 amide bonds. The summed E-state index contributed by atoms with van der Waals surface area (Å²) in [5.41, 5.74) is 19.5. The minimum atomic E-state index is -1.31. The fourth-order valence-corrected chi connectivity index (χ4v) is 8.53. The Hall–Kier alpha value is -6.50. The number of para-hydroxylation sites is 1. The van der Waals surface area contributed by atoms with Crippen LogP contribution < -0.4 is 43.8 Å². The standard InChI is InChI=1S/C45H63N11O8/c1-27(57)52-35(22-28-12-4-2-5-13-28)39(58)51-26-32(46)43(62)56-21-11-19-38(56)42(61)55-36(23-29-14-6-3-7-15-29)40(59)54-37(24-30-25-50-33-17-9-8-16-31(30)33)41(60)53-34(44(63)64)18-10-20-49-45(47)48/h2,4-5,8-9,12-13,16-17,25,29,32,34-38,50H,3,6-7,10-11,14-15,18-24,26,46H2,1H3,(H,51,58)(H,52,57)(H,53,60)(H,54,59)(H,55,61)(H,63,64)(H4,47,48,49)/t32-,34+,35-,36+,37-,38-/m0/s1. The molecule has 0 bridgehead atoms. The molecule has 13 N–H and O–H groups in total. The highest BCUT2D eigenvalue weighted by molar-refractivity contribution is 5.96. The number of nitrogens with one attached hydrogen (secondary N) is 6. The summed E-state index contributed by atoms with van der Waals surface area (Å²) in [7, 11) is 0. The first-order valence-electron chi connectivity index (χ1n) is 22.1. The lowest BCUT2D eigenvalue weighted by Crippen LogP contribution is -2.59. The van der Waals surface area contributed by atoms with Gasteiger partial charge in [-0.05, 0) is 55.2 Å². The predicted octanol–water partition coefficient (Wildman–Crippen LogP) is 0.455. The van der Waals surface area contributed by atoms with E-state index in [1.165, 1.54) is 11.8 Å². The van der Waals surface area contributed by atoms with Crippen molar-refractivity contribution in [3.05, 3.63) is 71.9 Å². The van der Waals surface area contributed by atoms with E-state index in [-0.39, 0.29) is 63.6 Å². The number of aliphatic carboxylic acids is 1. The van der Waals surface area contributed by atoms with Crippen LogP contribution in [0.25, 0.3) is 10.9 Å². The van der Waals surface area contributed by atoms with Crippen molar-refractivity contribution in [1.82, 2.24) is 36.5 Å². The molecule has 346 valence electrons. The van der Waals surface area contributed by atoms with E-state index in [1.807, 2.05) is 54.6 Å². The summed E-state index contributed by atoms with van der Waals surface area (Å²) in [6.07, 6.45) is 8.01. The summed E-state index contributed by atoms with van der Waals surface area (Å²) >= 11 is 0. The molecule has 1 saturated heterocycles. The van der Waals surface area contributed by atoms with Gasteiger partial charge in [0, 0.05) is 56.5 Å². The lowest BCUT2D eigenvalue weighted by molar-refractivity contribution is -0.142. The molecule has 19 heteroatoms. The highest BCUT2D eigenvalue weighted by Gasteiger charge is 2.39. The second-order valence-corrected chi connectivity index (χ2v) is 16.8. The molecule has 1 aliphatic heterocycles. The van der Waals surface area contributed by atoms with E-state index in [1.54, 1.807) is 6.20 Å². The number of H-pyrrole nitrogens is 1. The number of likely N-dealkylation sites (tertiary alicyclic amines) is 1. The first kappa shape index (κ1) is 48.5. The smallest absolute Gasteiger partial charge is 0.326 e. The number of nitrogens with two attached hydrogens (primary N) is 3. The first-order chi connectivity index (χ1) is 30.7. The quantitative estimate of drug-likeness (QED) is 0.0375. The molecule has 1 aromatic heterocycles. The molecule has 3 aromatic rings. The third kappa shape index (κ3) is 14.3. The third-order valence-corrected chi connectivity index (χ3v) is 11.8. The van der Waals surface area contributed by atoms with Crippen molar-refractivity contribution in [2.45, 2.75) is 120 Å². The number of amides is 6. The van der Waals surface area contributed by atoms with Gasteiger partial charge in [-0.3, -0.25) is 33.8 Å². The van der Waals surface area contributed by atoms with E-state index < -0.39 is 77.7 Å². The van der Waals surface area contributed by atoms with Gasteiger partial charge in [0.15, 0.2) is 5.96 Å². The van der Waals surface area contributed by atoms with E-state index in [2.05, 4.69) is 36.6 Å². The molecular weight excluding hydrogens is 823 g/mol. The van der Waals surface area contributed by atoms with Crippen LogP contribution in [0.2, 0.25) is 0 Å². The number of aliphatic imine (C=N–C) groups is 1. The maximum absolute atomic E-state index is 14.4. The van der Waals surface area contributed by atoms with E-state index in [9.17, 15) is 38.7 Å². The van der Waals surface area contributed by atoms with E-state index in [4.69, 9.17) is 17.2 Å². The first-order valence-corrected chi connectivity index (χ1v) is 22.1. The number of aromatic amines is 1. The number of carboxylic acids is 1. The maximum atomic E-state index is 14.4. The summed E-state index contributed by atoms with van der Waals surface area (Å²) in [5.74, 6) is -4.70. The number of carboxylic acid groups (broad SMARTS) is 1. The molecule has 2 heterocycles. The molecule has 0 spiro atoms. The average molecular weight is 886 g/mol. The number of hydrogen-bond donors (Lipinski definition) is 10. The molecule has 2 aromatic carbocycles. The van der Waals surface area contributed by atoms with Crippen molar-refractivity contribution in [1.29, 1.82) is 0 Å². The van der Waals surface area contributed by atoms with Gasteiger partial charge in [-0.1, -0.05) is 80.6 Å². The summed E-state index contributed by atoms with van der Waals surface area (Å²) < 4.78 is 0. The number of guanidine groups is 1. The predicted molar refractivity (Wildman–Crippen MR) is 240 cm³/mol. The fourth-order valence-electron chi connectivity index (χ4n) is 8.53. The van der Waals surface area contributed by atoms with Crippen LogP contribution in [0.4, 0.5) is 0 Å². The molecule has 0 unspecified atom stereocenters. The van der Waals surface area contributed by atoms with E-state index in [0.29, 0.717) is 18.4 Å². The molecule has 2 aliphatic rings. The van der Waals surface area contributed by atoms with Crippen LogP contribution in [0.3, 0.4) is 0 Å². The van der Waals surface area contributed by atoms with Crippen molar-refractivity contribution < 1.29 is 38.7 Å². The number of rotatable bonds is 22. The number of benzene rings is 2. The maximum Gasteiger partial charge on any atom is 0.326 e. The topological polar surface area (TPSA) is 309 Å². The Bertz CT molecular complexity index is 2120. The molecule has 1 saturated carbocycles. The van der Waals surface area contributed by atoms with Gasteiger partial charge in [0.25, 0.3) is 0 Å². The van der Waals surface area contributed by atoms with E-state index in [0.717, 1.165) is 48.6 Å². The van der Waals surface area contributed by atoms with Crippen LogP contribution in [0.5, 0.6) is 0 Å². The number of carbonyl (C=O) groups excluding carboxylic acids is 6. The Morgan fingerprint density at radius 3 is 2.17 bits per heavy atom. The lowest BCUT2D eigenvalue weighted by Gasteiger charge is -2.31. The number of fused-ring (bicyclic) bond motifs is 1. The van der Waals surface area contributed by atoms with Gasteiger partial charge >= 0.3 is 5.97 Å². The number of carbonyl (C=O) groups is 7. The second kappa shape index (κ2) is 23.8. The number of aromatic nitrogens is 1. The summed E-state index contributed by atoms with van der Waals surface area (Å²) in [5, 5.41) is 24.5. The van der Waals surface area contributed by atoms with Gasteiger partial charge in [-0.2, -0.15) is 0 Å². The van der Waals surface area contributed by atoms with Crippen LogP contribution in [0.1, 0.15) is 82.3 Å². The fraction of sp³-hybridized carbons (Fsp3) is 0.511. The van der Waals surface area contributed by atoms with Crippen LogP contribution in [-0.4, -0.2) is 118 Å². The summed E-state index contributed by atoms with van der Waals surface area (Å²) in [4.78, 5) is 102. The summed E-state index contributed by atoms with van der Waals surface area (Å²) in [6, 6.07) is 9.88. The highest BCUT2D eigenvalue weighted by atomic mass is 16.4. The molecule has 2 fully saturated rings. The van der Waals surface area contributed by atoms with Crippen LogP contribution in [0.15, 0.2) is 65.8 Å². The molecule has 0 radical (unpaired) electrons. The van der Waals surface area contributed by atoms with Crippen LogP contribution >= 0.6 is 0 Å². The van der Waals surface area contributed by atoms with Crippen molar-refractivity contribution in [3.8, 4) is 0 Å². The minimum absolute atomic E-state index is 0.00314. The molecule has 64 heavy (non-hydrogen) atoms. The minimum Gasteiger partial charge on any atom is -0.480 e. The monoisotopic (exact) mass is 885 g/mol. The molecule has 19 nitrogen and oxygen atoms in total. The van der Waals surface area contributed by atoms with Crippen LogP contribution in [-0.2, 0) is 46.4 Å². The van der Waals surface area contributed by atoms with Crippen molar-refractivity contribution >= 4 is 58.3 Å². The van der Waals surface area contributed by atoms with Crippen molar-refractivity contribution in [2.24, 2.45) is 28.1 Å². The van der Waals surface area contributed by atoms with Gasteiger partial charge in [-0.15, -0.1) is 0 Å². The summed E-state index contributed by atoms with van der Waals surface area (Å²) in [6.45, 7) is 1.44. The Morgan fingerprint density at radius 2 is 1.47 bits per heavy atom. The van der Waals surface area contributed by atoms with Gasteiger partial charge in [0.2, 0.25) is 35.4 Å². The molecule has 1 aliphatic carbocycles. The van der Waals surface area contributed by atoms with Crippen molar-refractivity contribution in [2.75, 3.05) is 19.6 Å². The Balaban J connectivity index is 1.30. The normalized spacial score (nSPS) is 17.5. The lowest BCUT2D eigenvalue weighted by atomic mass is 9.84. The van der Waals surface area contributed by atoms with Crippen LogP contribution in [0, 0.1) is 5.92 Å². The van der Waals surface area contributed by atoms with Gasteiger partial charge in [0.05, 0.1) is 0 Å². The molecule has 6 atom stereocenters. The SMILES string of the molecule is CC(=O)N[C@@H](Cc1ccccc1)C(=O)NC[C@H](N)C(=O)N1CCC[C@H]1C(=O)N[C@H](CC1CCCCC1)C(=O)N[C@@H](Cc1c[nH]c2ccccc12)C(=O)N[C@H](CCCN=C(N)N)C(=O)O. The van der Waals surface area contributed by atoms with Gasteiger partial charge in [0.1, 0.15) is 36.3 Å². The Labute approximate surface area is 372 Å². The Morgan fingerprint density at radius 1 is 0.797 bits per heavy atom. The zero-order valence-electron chi connectivity index (χ0n) is 36.4. The third-order valence-electron chi connectivity index (χ3n) is 11.8. The second-order valence-electron chi connectivity index (χ2n) is 16.8. The van der Waals surface area contributed by atoms with Gasteiger partial charge in [-0.25, -0.2) is 4.79 Å². The van der Waals surface area contributed by atoms with E-state index >= 15 is 0 Å². The molecule has 5 rings (SSSR count). The Kier molecular flexibility index (Phi) is 18.1. The molecular formula is C45H63N11O8. The zero-order valence-corrected chi connectivity index (χ0v) is 36.4. The number of nitrogens with zero attached hydrogens (tertiary/aromatic N) is 2. The highest BCUT2D eigenvalue weighted by Crippen LogP contribution is 2.28. The number of hydrogen-bond acceptors (Lipinski definition) is 9. The zero-order chi connectivity index (χ0) is 46.2. The average Bonchev–Trinajstić information content (AvgIpc) is 3.94. The van der Waals surface area contributed by atoms with Crippen molar-refractivity contribution in [3.63, 3.8) is 0 Å². The largest absolute Gasteiger partial charge is 0.480 e.